The predicted octanol–water partition coefficient (Wildman–Crippen LogP) is 5.55. The van der Waals surface area contributed by atoms with Gasteiger partial charge in [0, 0.05) is 56.5 Å². The summed E-state index contributed by atoms with van der Waals surface area (Å²) in [4.78, 5) is 33.4. The van der Waals surface area contributed by atoms with Gasteiger partial charge in [-0.05, 0) is 56.2 Å². The maximum atomic E-state index is 13.2. The highest BCUT2D eigenvalue weighted by atomic mass is 32.2. The molecule has 2 aliphatic heterocycles. The van der Waals surface area contributed by atoms with Crippen LogP contribution in [0.15, 0.2) is 65.7 Å². The molecule has 5 rings (SSSR count). The first kappa shape index (κ1) is 31.2. The quantitative estimate of drug-likeness (QED) is 0.395. The average Bonchev–Trinajstić information content (AvgIpc) is 3.01. The molecular formula is C31H42N4O6S. The molecule has 2 fully saturated rings. The molecule has 11 heteroatoms. The SMILES string of the molecule is CCCC.C[C@@H]1CN(C(=O)O[C@@H]2CCCOC2)CCN1C(=O)c1ccc(NS(=O)(=O)c2cccc3cccnc23)cc1.[HH]. The second-order valence-corrected chi connectivity index (χ2v) is 12.2. The molecule has 1 N–H and O–H groups in total. The van der Waals surface area contributed by atoms with Gasteiger partial charge in [0.15, 0.2) is 0 Å². The molecule has 0 radical (unpaired) electrons. The van der Waals surface area contributed by atoms with E-state index in [1.165, 1.54) is 18.9 Å². The molecule has 2 aromatic carbocycles. The van der Waals surface area contributed by atoms with Gasteiger partial charge in [-0.25, -0.2) is 13.2 Å². The number of anilines is 1. The van der Waals surface area contributed by atoms with E-state index in [0.717, 1.165) is 18.2 Å². The molecule has 2 atom stereocenters. The zero-order chi connectivity index (χ0) is 30.1. The van der Waals surface area contributed by atoms with E-state index in [-0.39, 0.29) is 30.5 Å². The fraction of sp³-hybridized carbons (Fsp3) is 0.452. The lowest BCUT2D eigenvalue weighted by molar-refractivity contribution is -0.0324. The Morgan fingerprint density at radius 2 is 1.81 bits per heavy atom. The molecule has 0 aliphatic carbocycles. The van der Waals surface area contributed by atoms with E-state index >= 15 is 0 Å². The Labute approximate surface area is 249 Å². The van der Waals surface area contributed by atoms with Crippen LogP contribution in [0.2, 0.25) is 0 Å². The fourth-order valence-electron chi connectivity index (χ4n) is 4.80. The number of para-hydroxylation sites is 1. The molecular weight excluding hydrogens is 556 g/mol. The van der Waals surface area contributed by atoms with Crippen molar-refractivity contribution in [3.05, 3.63) is 66.4 Å². The molecule has 1 aromatic heterocycles. The normalized spacial score (nSPS) is 19.0. The zero-order valence-corrected chi connectivity index (χ0v) is 25.3. The van der Waals surface area contributed by atoms with Crippen LogP contribution in [0.4, 0.5) is 10.5 Å². The number of aromatic nitrogens is 1. The van der Waals surface area contributed by atoms with Crippen LogP contribution in [0.1, 0.15) is 58.2 Å². The van der Waals surface area contributed by atoms with Crippen LogP contribution >= 0.6 is 0 Å². The summed E-state index contributed by atoms with van der Waals surface area (Å²) in [6, 6.07) is 14.7. The smallest absolute Gasteiger partial charge is 0.410 e. The van der Waals surface area contributed by atoms with Gasteiger partial charge in [0.2, 0.25) is 0 Å². The molecule has 2 saturated heterocycles. The van der Waals surface area contributed by atoms with E-state index in [1.807, 2.05) is 6.92 Å². The van der Waals surface area contributed by atoms with Gasteiger partial charge in [-0.1, -0.05) is 44.9 Å². The summed E-state index contributed by atoms with van der Waals surface area (Å²) in [5.74, 6) is -0.182. The molecule has 2 amide bonds. The fourth-order valence-corrected chi connectivity index (χ4v) is 6.04. The molecule has 0 saturated carbocycles. The second kappa shape index (κ2) is 14.5. The van der Waals surface area contributed by atoms with Gasteiger partial charge in [-0.2, -0.15) is 0 Å². The van der Waals surface area contributed by atoms with Crippen molar-refractivity contribution in [2.45, 2.75) is 63.5 Å². The Hall–Kier alpha value is -3.70. The minimum atomic E-state index is -3.89. The van der Waals surface area contributed by atoms with E-state index in [1.54, 1.807) is 64.5 Å². The summed E-state index contributed by atoms with van der Waals surface area (Å²) >= 11 is 0. The first-order valence-electron chi connectivity index (χ1n) is 14.5. The molecule has 2 aliphatic rings. The van der Waals surface area contributed by atoms with Crippen molar-refractivity contribution in [1.29, 1.82) is 0 Å². The zero-order valence-electron chi connectivity index (χ0n) is 24.5. The lowest BCUT2D eigenvalue weighted by Gasteiger charge is -2.40. The number of hydrogen-bond acceptors (Lipinski definition) is 7. The summed E-state index contributed by atoms with van der Waals surface area (Å²) in [5, 5.41) is 0.724. The summed E-state index contributed by atoms with van der Waals surface area (Å²) in [5.41, 5.74) is 1.15. The number of benzene rings is 2. The van der Waals surface area contributed by atoms with E-state index in [9.17, 15) is 18.0 Å². The van der Waals surface area contributed by atoms with Crippen LogP contribution in [-0.2, 0) is 19.5 Å². The van der Waals surface area contributed by atoms with Gasteiger partial charge < -0.3 is 19.3 Å². The van der Waals surface area contributed by atoms with E-state index in [4.69, 9.17) is 9.47 Å². The maximum Gasteiger partial charge on any atom is 0.410 e. The third kappa shape index (κ3) is 7.77. The highest BCUT2D eigenvalue weighted by Crippen LogP contribution is 2.24. The summed E-state index contributed by atoms with van der Waals surface area (Å²) in [7, 11) is -3.89. The molecule has 0 unspecified atom stereocenters. The van der Waals surface area contributed by atoms with Crippen LogP contribution in [0.5, 0.6) is 0 Å². The summed E-state index contributed by atoms with van der Waals surface area (Å²) < 4.78 is 39.6. The highest BCUT2D eigenvalue weighted by molar-refractivity contribution is 7.93. The number of carbonyl (C=O) groups excluding carboxylic acids is 2. The number of sulfonamides is 1. The number of unbranched alkanes of at least 4 members (excludes halogenated alkanes) is 1. The van der Waals surface area contributed by atoms with Gasteiger partial charge in [-0.15, -0.1) is 0 Å². The van der Waals surface area contributed by atoms with Crippen LogP contribution < -0.4 is 4.72 Å². The van der Waals surface area contributed by atoms with Crippen molar-refractivity contribution in [2.75, 3.05) is 37.6 Å². The molecule has 3 heterocycles. The van der Waals surface area contributed by atoms with Gasteiger partial charge >= 0.3 is 6.09 Å². The summed E-state index contributed by atoms with van der Waals surface area (Å²) in [6.07, 6.45) is 5.26. The van der Waals surface area contributed by atoms with Crippen molar-refractivity contribution >= 4 is 38.6 Å². The lowest BCUT2D eigenvalue weighted by atomic mass is 10.1. The number of fused-ring (bicyclic) bond motifs is 1. The molecule has 42 heavy (non-hydrogen) atoms. The minimum absolute atomic E-state index is 0. The second-order valence-electron chi connectivity index (χ2n) is 10.5. The van der Waals surface area contributed by atoms with E-state index in [2.05, 4.69) is 23.6 Å². The Morgan fingerprint density at radius 3 is 2.48 bits per heavy atom. The number of nitrogens with zero attached hydrogens (tertiary/aromatic N) is 3. The third-order valence-corrected chi connectivity index (χ3v) is 8.71. The number of pyridine rings is 1. The minimum Gasteiger partial charge on any atom is -0.444 e. The monoisotopic (exact) mass is 598 g/mol. The van der Waals surface area contributed by atoms with Crippen molar-refractivity contribution in [3.8, 4) is 0 Å². The Morgan fingerprint density at radius 1 is 1.07 bits per heavy atom. The van der Waals surface area contributed by atoms with Crippen molar-refractivity contribution in [1.82, 2.24) is 14.8 Å². The molecule has 228 valence electrons. The number of hydrogen-bond donors (Lipinski definition) is 1. The van der Waals surface area contributed by atoms with E-state index < -0.39 is 10.0 Å². The van der Waals surface area contributed by atoms with Crippen LogP contribution in [0.25, 0.3) is 10.9 Å². The standard InChI is InChI=1S/C27H30N4O6S.C4H10.H2/c1-19-17-30(27(33)37-23-7-4-16-36-18-23)14-15-31(19)26(32)21-9-11-22(12-10-21)29-38(34,35)24-8-2-5-20-6-3-13-28-25(20)24;1-3-4-2;/h2-3,5-6,8-13,19,23,29H,4,7,14-18H2,1H3;3-4H2,1-2H3;1H/t19-,23-;;/m1../s1. The van der Waals surface area contributed by atoms with Crippen LogP contribution in [0.3, 0.4) is 0 Å². The predicted molar refractivity (Wildman–Crippen MR) is 164 cm³/mol. The van der Waals surface area contributed by atoms with Gasteiger partial charge in [0.05, 0.1) is 12.1 Å². The van der Waals surface area contributed by atoms with Crippen LogP contribution in [0, 0.1) is 0 Å². The third-order valence-electron chi connectivity index (χ3n) is 7.30. The largest absolute Gasteiger partial charge is 0.444 e. The highest BCUT2D eigenvalue weighted by Gasteiger charge is 2.32. The van der Waals surface area contributed by atoms with Gasteiger partial charge in [0.1, 0.15) is 11.0 Å². The molecule has 10 nitrogen and oxygen atoms in total. The summed E-state index contributed by atoms with van der Waals surface area (Å²) in [6.45, 7) is 8.49. The maximum absolute atomic E-state index is 13.2. The molecule has 3 aromatic rings. The van der Waals surface area contributed by atoms with Gasteiger partial charge in [-0.3, -0.25) is 14.5 Å². The lowest BCUT2D eigenvalue weighted by Crippen LogP contribution is -2.56. The Kier molecular flexibility index (Phi) is 10.8. The topological polar surface area (TPSA) is 118 Å². The average molecular weight is 599 g/mol. The molecule has 0 spiro atoms. The Bertz CT molecular complexity index is 1460. The first-order valence-corrected chi connectivity index (χ1v) is 16.0. The number of amides is 2. The van der Waals surface area contributed by atoms with Crippen molar-refractivity contribution in [3.63, 3.8) is 0 Å². The Balaban J connectivity index is 0.000000954. The van der Waals surface area contributed by atoms with Crippen LogP contribution in [-0.4, -0.2) is 80.2 Å². The molecule has 0 bridgehead atoms. The van der Waals surface area contributed by atoms with E-state index in [0.29, 0.717) is 49.6 Å². The first-order chi connectivity index (χ1) is 20.2. The number of nitrogens with one attached hydrogen (secondary N) is 1. The number of rotatable bonds is 6. The van der Waals surface area contributed by atoms with Crippen molar-refractivity contribution in [2.24, 2.45) is 0 Å². The number of ether oxygens (including phenoxy) is 2. The number of carbonyl (C=O) groups is 2. The number of piperazine rings is 1. The van der Waals surface area contributed by atoms with Gasteiger partial charge in [0.25, 0.3) is 15.9 Å². The van der Waals surface area contributed by atoms with Crippen molar-refractivity contribution < 1.29 is 28.9 Å².